The summed E-state index contributed by atoms with van der Waals surface area (Å²) in [7, 11) is 4.12. The summed E-state index contributed by atoms with van der Waals surface area (Å²) in [5.41, 5.74) is 1.09. The fourth-order valence-electron chi connectivity index (χ4n) is 1.42. The summed E-state index contributed by atoms with van der Waals surface area (Å²) in [5, 5.41) is 0. The summed E-state index contributed by atoms with van der Waals surface area (Å²) in [6, 6.07) is 1.55. The molecule has 1 nitrogen and oxygen atoms in total. The van der Waals surface area contributed by atoms with Crippen molar-refractivity contribution in [3.05, 3.63) is 0 Å². The first-order chi connectivity index (χ1) is 3.72. The van der Waals surface area contributed by atoms with Crippen LogP contribution in [0.1, 0.15) is 13.3 Å². The first-order valence-corrected chi connectivity index (χ1v) is 5.38. The lowest BCUT2D eigenvalue weighted by atomic mass is 10.3. The van der Waals surface area contributed by atoms with Crippen LogP contribution in [0.25, 0.3) is 0 Å². The van der Waals surface area contributed by atoms with Gasteiger partial charge in [-0.2, -0.15) is 0 Å². The van der Waals surface area contributed by atoms with Crippen LogP contribution in [0.15, 0.2) is 0 Å². The van der Waals surface area contributed by atoms with E-state index in [1.165, 1.54) is 6.42 Å². The van der Waals surface area contributed by atoms with Crippen LogP contribution < -0.4 is 0 Å². The number of nitrogens with zero attached hydrogens (tertiary/aromatic N) is 1. The summed E-state index contributed by atoms with van der Waals surface area (Å²) in [4.78, 5) is 0. The topological polar surface area (TPSA) is 3.24 Å². The van der Waals surface area contributed by atoms with Crippen molar-refractivity contribution in [1.29, 1.82) is 0 Å². The third-order valence-corrected chi connectivity index (χ3v) is 6.14. The predicted molar refractivity (Wildman–Crippen MR) is 39.7 cm³/mol. The van der Waals surface area contributed by atoms with Crippen LogP contribution in [-0.4, -0.2) is 27.6 Å². The molecule has 1 aliphatic heterocycles. The van der Waals surface area contributed by atoms with E-state index in [4.69, 9.17) is 0 Å². The Morgan fingerprint density at radius 1 is 1.50 bits per heavy atom. The molecule has 1 aliphatic rings. The van der Waals surface area contributed by atoms with E-state index in [0.29, 0.717) is 0 Å². The molecule has 0 bridgehead atoms. The highest BCUT2D eigenvalue weighted by Crippen LogP contribution is 2.32. The van der Waals surface area contributed by atoms with Gasteiger partial charge in [0, 0.05) is 0 Å². The monoisotopic (exact) mass is 129 g/mol. The maximum atomic E-state index is 2.47. The molecule has 2 heteroatoms. The molecule has 2 atom stereocenters. The van der Waals surface area contributed by atoms with Gasteiger partial charge in [0.25, 0.3) is 0 Å². The second-order valence-electron chi connectivity index (χ2n) is 3.09. The van der Waals surface area contributed by atoms with Gasteiger partial charge in [-0.25, -0.2) is 0 Å². The normalized spacial score (nSPS) is 37.5. The van der Waals surface area contributed by atoms with Crippen LogP contribution in [0.2, 0.25) is 11.6 Å². The molecule has 1 heterocycles. The average Bonchev–Trinajstić information content (AvgIpc) is 1.61. The number of hydrogen-bond donors (Lipinski definition) is 0. The minimum absolute atomic E-state index is 0.335. The minimum Gasteiger partial charge on any atom is -0.331 e. The molecular formula is C6H15NSi. The third-order valence-electron chi connectivity index (χ3n) is 2.24. The van der Waals surface area contributed by atoms with Gasteiger partial charge in [-0.3, -0.25) is 0 Å². The van der Waals surface area contributed by atoms with Crippen molar-refractivity contribution in [2.45, 2.75) is 24.9 Å². The van der Waals surface area contributed by atoms with Crippen molar-refractivity contribution >= 4 is 8.96 Å². The zero-order valence-corrected chi connectivity index (χ0v) is 7.17. The Hall–Kier alpha value is 0.177. The largest absolute Gasteiger partial charge is 0.331 e. The minimum atomic E-state index is -0.335. The molecule has 0 aromatic rings. The Bertz CT molecular complexity index is 77.8. The SMILES string of the molecule is CC1CC[SiH]1N(C)C. The Kier molecular flexibility index (Phi) is 1.73. The van der Waals surface area contributed by atoms with Crippen molar-refractivity contribution in [2.24, 2.45) is 0 Å². The first-order valence-electron chi connectivity index (χ1n) is 3.38. The van der Waals surface area contributed by atoms with Gasteiger partial charge in [-0.15, -0.1) is 0 Å². The summed E-state index contributed by atoms with van der Waals surface area (Å²) >= 11 is 0. The highest BCUT2D eigenvalue weighted by atomic mass is 28.3. The van der Waals surface area contributed by atoms with E-state index in [0.717, 1.165) is 5.54 Å². The molecule has 0 aromatic carbocycles. The van der Waals surface area contributed by atoms with Gasteiger partial charge in [0.15, 0.2) is 0 Å². The van der Waals surface area contributed by atoms with Crippen LogP contribution >= 0.6 is 0 Å². The molecule has 0 spiro atoms. The fraction of sp³-hybridized carbons (Fsp3) is 1.00. The fourth-order valence-corrected chi connectivity index (χ4v) is 4.25. The van der Waals surface area contributed by atoms with Gasteiger partial charge in [0.2, 0.25) is 0 Å². The van der Waals surface area contributed by atoms with E-state index in [-0.39, 0.29) is 8.96 Å². The van der Waals surface area contributed by atoms with Gasteiger partial charge in [-0.1, -0.05) is 13.3 Å². The van der Waals surface area contributed by atoms with Crippen LogP contribution in [-0.2, 0) is 0 Å². The molecule has 0 saturated carbocycles. The van der Waals surface area contributed by atoms with E-state index in [2.05, 4.69) is 25.6 Å². The van der Waals surface area contributed by atoms with Gasteiger partial charge in [0.1, 0.15) is 8.96 Å². The number of rotatable bonds is 1. The van der Waals surface area contributed by atoms with Crippen molar-refractivity contribution < 1.29 is 0 Å². The van der Waals surface area contributed by atoms with Crippen LogP contribution in [0.4, 0.5) is 0 Å². The quantitative estimate of drug-likeness (QED) is 0.479. The van der Waals surface area contributed by atoms with Gasteiger partial charge in [-0.05, 0) is 25.7 Å². The molecular weight excluding hydrogens is 114 g/mol. The van der Waals surface area contributed by atoms with Gasteiger partial charge < -0.3 is 4.57 Å². The maximum Gasteiger partial charge on any atom is 0.114 e. The van der Waals surface area contributed by atoms with Gasteiger partial charge >= 0.3 is 0 Å². The van der Waals surface area contributed by atoms with Crippen LogP contribution in [0.3, 0.4) is 0 Å². The van der Waals surface area contributed by atoms with Crippen LogP contribution in [0, 0.1) is 0 Å². The highest BCUT2D eigenvalue weighted by molar-refractivity contribution is 6.60. The number of hydrogen-bond acceptors (Lipinski definition) is 1. The molecule has 8 heavy (non-hydrogen) atoms. The van der Waals surface area contributed by atoms with Crippen molar-refractivity contribution in [3.8, 4) is 0 Å². The molecule has 1 rings (SSSR count). The van der Waals surface area contributed by atoms with E-state index < -0.39 is 0 Å². The molecule has 1 saturated heterocycles. The summed E-state index contributed by atoms with van der Waals surface area (Å²) < 4.78 is 2.47. The Labute approximate surface area is 53.4 Å². The Morgan fingerprint density at radius 2 is 2.12 bits per heavy atom. The smallest absolute Gasteiger partial charge is 0.114 e. The molecule has 2 unspecified atom stereocenters. The lowest BCUT2D eigenvalue weighted by molar-refractivity contribution is 0.561. The first kappa shape index (κ1) is 6.30. The second kappa shape index (κ2) is 2.19. The average molecular weight is 129 g/mol. The van der Waals surface area contributed by atoms with Crippen LogP contribution in [0.5, 0.6) is 0 Å². The van der Waals surface area contributed by atoms with Crippen molar-refractivity contribution in [3.63, 3.8) is 0 Å². The van der Waals surface area contributed by atoms with Crippen molar-refractivity contribution in [2.75, 3.05) is 14.1 Å². The molecule has 0 aliphatic carbocycles. The molecule has 0 aromatic heterocycles. The molecule has 1 fully saturated rings. The maximum absolute atomic E-state index is 2.47. The highest BCUT2D eigenvalue weighted by Gasteiger charge is 2.29. The molecule has 0 N–H and O–H groups in total. The van der Waals surface area contributed by atoms with Gasteiger partial charge in [0.05, 0.1) is 0 Å². The third kappa shape index (κ3) is 0.953. The molecule has 0 amide bonds. The predicted octanol–water partition coefficient (Wildman–Crippen LogP) is 1.07. The summed E-state index contributed by atoms with van der Waals surface area (Å²) in [6.07, 6.45) is 1.50. The van der Waals surface area contributed by atoms with E-state index >= 15 is 0 Å². The standard InChI is InChI=1S/C6H15NSi/c1-6-4-5-8(6)7(2)3/h6,8H,4-5H2,1-3H3. The summed E-state index contributed by atoms with van der Waals surface area (Å²) in [6.45, 7) is 2.39. The lowest BCUT2D eigenvalue weighted by Gasteiger charge is -2.37. The van der Waals surface area contributed by atoms with E-state index in [1.807, 2.05) is 0 Å². The zero-order chi connectivity index (χ0) is 6.15. The molecule has 48 valence electrons. The van der Waals surface area contributed by atoms with E-state index in [9.17, 15) is 0 Å². The lowest BCUT2D eigenvalue weighted by Crippen LogP contribution is -2.42. The molecule has 0 radical (unpaired) electrons. The Balaban J connectivity index is 2.26. The second-order valence-corrected chi connectivity index (χ2v) is 6.97. The van der Waals surface area contributed by atoms with E-state index in [1.54, 1.807) is 6.04 Å². The zero-order valence-electron chi connectivity index (χ0n) is 6.02. The Morgan fingerprint density at radius 3 is 2.12 bits per heavy atom. The summed E-state index contributed by atoms with van der Waals surface area (Å²) in [5.74, 6) is 0. The van der Waals surface area contributed by atoms with Crippen molar-refractivity contribution in [1.82, 2.24) is 4.57 Å².